The highest BCUT2D eigenvalue weighted by atomic mass is 79.9. The van der Waals surface area contributed by atoms with Crippen LogP contribution in [0.4, 0.5) is 10.1 Å². The van der Waals surface area contributed by atoms with Gasteiger partial charge in [-0.25, -0.2) is 12.8 Å². The highest BCUT2D eigenvalue weighted by molar-refractivity contribution is 9.10. The van der Waals surface area contributed by atoms with Gasteiger partial charge in [0.25, 0.3) is 0 Å². The minimum atomic E-state index is -3.77. The van der Waals surface area contributed by atoms with Gasteiger partial charge in [-0.05, 0) is 34.1 Å². The van der Waals surface area contributed by atoms with Gasteiger partial charge in [-0.3, -0.25) is 4.79 Å². The minimum absolute atomic E-state index is 0.0112. The summed E-state index contributed by atoms with van der Waals surface area (Å²) >= 11 is 3.01. The van der Waals surface area contributed by atoms with Crippen molar-refractivity contribution in [2.45, 2.75) is 11.7 Å². The van der Waals surface area contributed by atoms with Gasteiger partial charge >= 0.3 is 0 Å². The van der Waals surface area contributed by atoms with E-state index in [1.807, 2.05) is 0 Å². The number of anilines is 1. The van der Waals surface area contributed by atoms with E-state index in [9.17, 15) is 17.6 Å². The highest BCUT2D eigenvalue weighted by Gasteiger charge is 2.38. The van der Waals surface area contributed by atoms with Crippen LogP contribution in [-0.4, -0.2) is 26.1 Å². The van der Waals surface area contributed by atoms with Crippen molar-refractivity contribution in [3.8, 4) is 0 Å². The molecule has 98 valence electrons. The minimum Gasteiger partial charge on any atom is -0.311 e. The molecular weight excluding hydrogens is 349 g/mol. The molecule has 1 aromatic rings. The van der Waals surface area contributed by atoms with Gasteiger partial charge in [0.15, 0.2) is 0 Å². The second kappa shape index (κ2) is 4.79. The Kier molecular flexibility index (Phi) is 3.66. The third-order valence-corrected chi connectivity index (χ3v) is 5.18. The number of nitrogens with zero attached hydrogens (tertiary/aromatic N) is 1. The molecule has 1 saturated heterocycles. The average molecular weight is 357 g/mol. The number of halogens is 3. The summed E-state index contributed by atoms with van der Waals surface area (Å²) in [6.07, 6.45) is -0.152. The standard InChI is InChI=1S/C10H8BrClFNO3S/c11-8-3-6(1-2-9(8)13)14-5-7(4-10(14)15)18(12,16)17/h1-3,7H,4-5H2. The van der Waals surface area contributed by atoms with Crippen LogP contribution in [-0.2, 0) is 13.8 Å². The lowest BCUT2D eigenvalue weighted by atomic mass is 10.3. The number of rotatable bonds is 2. The molecule has 1 fully saturated rings. The maximum Gasteiger partial charge on any atom is 0.237 e. The first-order chi connectivity index (χ1) is 8.29. The highest BCUT2D eigenvalue weighted by Crippen LogP contribution is 2.29. The molecule has 0 aromatic heterocycles. The van der Waals surface area contributed by atoms with Gasteiger partial charge in [0.2, 0.25) is 15.0 Å². The quantitative estimate of drug-likeness (QED) is 0.764. The van der Waals surface area contributed by atoms with Crippen molar-refractivity contribution in [2.24, 2.45) is 0 Å². The monoisotopic (exact) mass is 355 g/mol. The van der Waals surface area contributed by atoms with Crippen molar-refractivity contribution in [2.75, 3.05) is 11.4 Å². The molecule has 2 rings (SSSR count). The van der Waals surface area contributed by atoms with Crippen LogP contribution >= 0.6 is 26.6 Å². The van der Waals surface area contributed by atoms with Gasteiger partial charge in [0.1, 0.15) is 11.1 Å². The van der Waals surface area contributed by atoms with E-state index in [0.717, 1.165) is 0 Å². The third-order valence-electron chi connectivity index (χ3n) is 2.70. The summed E-state index contributed by atoms with van der Waals surface area (Å²) in [5, 5.41) is -0.921. The molecule has 0 spiro atoms. The van der Waals surface area contributed by atoms with Gasteiger partial charge in [-0.1, -0.05) is 0 Å². The zero-order valence-electron chi connectivity index (χ0n) is 8.94. The average Bonchev–Trinajstić information content (AvgIpc) is 2.64. The molecule has 1 unspecified atom stereocenters. The van der Waals surface area contributed by atoms with Gasteiger partial charge < -0.3 is 4.90 Å². The molecule has 1 aliphatic rings. The Morgan fingerprint density at radius 2 is 2.11 bits per heavy atom. The fraction of sp³-hybridized carbons (Fsp3) is 0.300. The Bertz CT molecular complexity index is 607. The van der Waals surface area contributed by atoms with Gasteiger partial charge in [0, 0.05) is 29.3 Å². The molecule has 18 heavy (non-hydrogen) atoms. The summed E-state index contributed by atoms with van der Waals surface area (Å²) in [4.78, 5) is 13.0. The molecule has 0 aliphatic carbocycles. The van der Waals surface area contributed by atoms with Crippen LogP contribution in [0.15, 0.2) is 22.7 Å². The Hall–Kier alpha value is -0.660. The summed E-state index contributed by atoms with van der Waals surface area (Å²) in [5.41, 5.74) is 0.441. The summed E-state index contributed by atoms with van der Waals surface area (Å²) < 4.78 is 35.7. The Morgan fingerprint density at radius 3 is 2.61 bits per heavy atom. The molecule has 1 amide bonds. The first kappa shape index (κ1) is 13.8. The van der Waals surface area contributed by atoms with Crippen LogP contribution in [0, 0.1) is 5.82 Å². The second-order valence-electron chi connectivity index (χ2n) is 3.90. The Balaban J connectivity index is 2.30. The summed E-state index contributed by atoms with van der Waals surface area (Å²) in [6.45, 7) is -0.0112. The molecule has 0 saturated carbocycles. The molecule has 4 nitrogen and oxygen atoms in total. The van der Waals surface area contributed by atoms with E-state index in [1.165, 1.54) is 23.1 Å². The fourth-order valence-electron chi connectivity index (χ4n) is 1.77. The van der Waals surface area contributed by atoms with E-state index in [-0.39, 0.29) is 23.3 Å². The largest absolute Gasteiger partial charge is 0.311 e. The number of hydrogen-bond donors (Lipinski definition) is 0. The molecule has 0 bridgehead atoms. The van der Waals surface area contributed by atoms with E-state index in [0.29, 0.717) is 5.69 Å². The van der Waals surface area contributed by atoms with E-state index in [2.05, 4.69) is 15.9 Å². The molecular formula is C10H8BrClFNO3S. The topological polar surface area (TPSA) is 54.5 Å². The number of carbonyl (C=O) groups is 1. The van der Waals surface area contributed by atoms with Crippen molar-refractivity contribution >= 4 is 47.3 Å². The summed E-state index contributed by atoms with van der Waals surface area (Å²) in [7, 11) is 1.47. The van der Waals surface area contributed by atoms with Crippen molar-refractivity contribution < 1.29 is 17.6 Å². The molecule has 1 atom stereocenters. The zero-order valence-corrected chi connectivity index (χ0v) is 12.1. The summed E-state index contributed by atoms with van der Waals surface area (Å²) in [6, 6.07) is 4.05. The van der Waals surface area contributed by atoms with E-state index in [1.54, 1.807) is 0 Å². The SMILES string of the molecule is O=C1CC(S(=O)(=O)Cl)CN1c1ccc(F)c(Br)c1. The first-order valence-electron chi connectivity index (χ1n) is 4.98. The predicted molar refractivity (Wildman–Crippen MR) is 69.6 cm³/mol. The fourth-order valence-corrected chi connectivity index (χ4v) is 3.16. The molecule has 1 heterocycles. The lowest BCUT2D eigenvalue weighted by molar-refractivity contribution is -0.117. The van der Waals surface area contributed by atoms with E-state index in [4.69, 9.17) is 10.7 Å². The molecule has 1 aliphatic heterocycles. The second-order valence-corrected chi connectivity index (χ2v) is 7.67. The summed E-state index contributed by atoms with van der Waals surface area (Å²) in [5.74, 6) is -0.797. The van der Waals surface area contributed by atoms with Crippen LogP contribution in [0.1, 0.15) is 6.42 Å². The number of hydrogen-bond acceptors (Lipinski definition) is 3. The lowest BCUT2D eigenvalue weighted by Crippen LogP contribution is -2.26. The van der Waals surface area contributed by atoms with Crippen molar-refractivity contribution in [3.63, 3.8) is 0 Å². The van der Waals surface area contributed by atoms with Crippen LogP contribution in [0.5, 0.6) is 0 Å². The van der Waals surface area contributed by atoms with Crippen molar-refractivity contribution in [1.82, 2.24) is 0 Å². The van der Waals surface area contributed by atoms with Gasteiger partial charge in [-0.2, -0.15) is 0 Å². The smallest absolute Gasteiger partial charge is 0.237 e. The third kappa shape index (κ3) is 2.67. The molecule has 0 radical (unpaired) electrons. The van der Waals surface area contributed by atoms with Crippen LogP contribution in [0.2, 0.25) is 0 Å². The number of carbonyl (C=O) groups excluding carboxylic acids is 1. The maximum absolute atomic E-state index is 13.1. The van der Waals surface area contributed by atoms with E-state index >= 15 is 0 Å². The number of benzene rings is 1. The van der Waals surface area contributed by atoms with Crippen molar-refractivity contribution in [3.05, 3.63) is 28.5 Å². The Morgan fingerprint density at radius 1 is 1.44 bits per heavy atom. The van der Waals surface area contributed by atoms with E-state index < -0.39 is 20.1 Å². The molecule has 0 N–H and O–H groups in total. The maximum atomic E-state index is 13.1. The number of amides is 1. The van der Waals surface area contributed by atoms with Gasteiger partial charge in [0.05, 0.1) is 4.47 Å². The normalized spacial score (nSPS) is 20.5. The first-order valence-corrected chi connectivity index (χ1v) is 8.14. The predicted octanol–water partition coefficient (Wildman–Crippen LogP) is 2.26. The lowest BCUT2D eigenvalue weighted by Gasteiger charge is -2.16. The Labute approximate surface area is 116 Å². The van der Waals surface area contributed by atoms with Crippen LogP contribution < -0.4 is 4.90 Å². The molecule has 8 heteroatoms. The molecule has 1 aromatic carbocycles. The van der Waals surface area contributed by atoms with Crippen LogP contribution in [0.25, 0.3) is 0 Å². The van der Waals surface area contributed by atoms with Gasteiger partial charge in [-0.15, -0.1) is 0 Å². The van der Waals surface area contributed by atoms with Crippen LogP contribution in [0.3, 0.4) is 0 Å². The van der Waals surface area contributed by atoms with Crippen molar-refractivity contribution in [1.29, 1.82) is 0 Å². The zero-order chi connectivity index (χ0) is 13.5.